The second-order valence-electron chi connectivity index (χ2n) is 6.18. The van der Waals surface area contributed by atoms with Crippen LogP contribution >= 0.6 is 23.5 Å². The summed E-state index contributed by atoms with van der Waals surface area (Å²) in [4.78, 5) is 35.1. The van der Waals surface area contributed by atoms with Crippen molar-refractivity contribution in [2.24, 2.45) is 0 Å². The molecule has 0 spiro atoms. The minimum absolute atomic E-state index is 0.110. The number of rotatable bonds is 7. The van der Waals surface area contributed by atoms with E-state index in [0.29, 0.717) is 10.3 Å². The first kappa shape index (κ1) is 21.4. The topological polar surface area (TPSA) is 93.7 Å². The molecule has 0 unspecified atom stereocenters. The molecule has 0 radical (unpaired) electrons. The van der Waals surface area contributed by atoms with Gasteiger partial charge in [0, 0.05) is 17.5 Å². The Morgan fingerprint density at radius 1 is 1.11 bits per heavy atom. The highest BCUT2D eigenvalue weighted by atomic mass is 32.2. The van der Waals surface area contributed by atoms with Gasteiger partial charge in [0.1, 0.15) is 5.75 Å². The zero-order valence-electron chi connectivity index (χ0n) is 15.5. The summed E-state index contributed by atoms with van der Waals surface area (Å²) in [5, 5.41) is 4.63. The van der Waals surface area contributed by atoms with Crippen LogP contribution in [-0.4, -0.2) is 48.2 Å². The average molecular weight is 413 g/mol. The zero-order chi connectivity index (χ0) is 19.8. The summed E-state index contributed by atoms with van der Waals surface area (Å²) in [6, 6.07) is 6.86. The highest BCUT2D eigenvalue weighted by Crippen LogP contribution is 2.45. The number of nitrogens with one attached hydrogen (secondary N) is 2. The van der Waals surface area contributed by atoms with Crippen molar-refractivity contribution < 1.29 is 23.9 Å². The van der Waals surface area contributed by atoms with Crippen molar-refractivity contribution in [3.05, 3.63) is 29.8 Å². The van der Waals surface area contributed by atoms with Crippen molar-refractivity contribution >= 4 is 41.4 Å². The molecule has 1 aliphatic rings. The number of hydrogen-bond acceptors (Lipinski definition) is 7. The number of carbonyl (C=O) groups excluding carboxylic acids is 3. The number of ether oxygens (including phenoxy) is 2. The Balaban J connectivity index is 1.73. The third-order valence-corrected chi connectivity index (χ3v) is 6.57. The molecule has 1 atom stereocenters. The maximum atomic E-state index is 11.8. The molecule has 0 aliphatic carbocycles. The Labute approximate surface area is 167 Å². The largest absolute Gasteiger partial charge is 0.482 e. The molecule has 1 fully saturated rings. The summed E-state index contributed by atoms with van der Waals surface area (Å²) in [6.45, 7) is 4.61. The zero-order valence-corrected chi connectivity index (χ0v) is 17.2. The van der Waals surface area contributed by atoms with Gasteiger partial charge in [-0.05, 0) is 38.5 Å². The summed E-state index contributed by atoms with van der Waals surface area (Å²) in [5.41, 5.74) is 1.22. The van der Waals surface area contributed by atoms with E-state index in [1.165, 1.54) is 12.5 Å². The van der Waals surface area contributed by atoms with Gasteiger partial charge in [-0.1, -0.05) is 12.1 Å². The van der Waals surface area contributed by atoms with Crippen LogP contribution in [0.3, 0.4) is 0 Å². The summed E-state index contributed by atoms with van der Waals surface area (Å²) in [6.07, 6.45) is -1.10. The maximum Gasteiger partial charge on any atom is 0.344 e. The van der Waals surface area contributed by atoms with Gasteiger partial charge in [-0.15, -0.1) is 23.5 Å². The maximum absolute atomic E-state index is 11.8. The summed E-state index contributed by atoms with van der Waals surface area (Å²) in [7, 11) is 0. The molecule has 3 amide bonds. The molecule has 1 aromatic rings. The van der Waals surface area contributed by atoms with E-state index >= 15 is 0 Å². The first-order valence-electron chi connectivity index (χ1n) is 8.62. The molecule has 2 rings (SSSR count). The fourth-order valence-electron chi connectivity index (χ4n) is 2.21. The minimum Gasteiger partial charge on any atom is -0.482 e. The van der Waals surface area contributed by atoms with Crippen molar-refractivity contribution in [2.75, 3.05) is 18.1 Å². The minimum atomic E-state index is -1.10. The Hall–Kier alpha value is -1.87. The van der Waals surface area contributed by atoms with E-state index in [2.05, 4.69) is 10.6 Å². The number of amides is 3. The molecule has 1 heterocycles. The Morgan fingerprint density at radius 2 is 1.74 bits per heavy atom. The quantitative estimate of drug-likeness (QED) is 0.665. The van der Waals surface area contributed by atoms with Crippen LogP contribution in [0.5, 0.6) is 5.75 Å². The Morgan fingerprint density at radius 3 is 2.33 bits per heavy atom. The molecular weight excluding hydrogens is 388 g/mol. The van der Waals surface area contributed by atoms with Crippen LogP contribution in [0.15, 0.2) is 24.3 Å². The molecule has 27 heavy (non-hydrogen) atoms. The highest BCUT2D eigenvalue weighted by molar-refractivity contribution is 8.19. The van der Waals surface area contributed by atoms with E-state index < -0.39 is 24.0 Å². The summed E-state index contributed by atoms with van der Waals surface area (Å²) >= 11 is 3.84. The molecule has 0 saturated carbocycles. The lowest BCUT2D eigenvalue weighted by Crippen LogP contribution is -2.46. The molecule has 1 saturated heterocycles. The number of thioether (sulfide) groups is 2. The molecule has 148 valence electrons. The van der Waals surface area contributed by atoms with Gasteiger partial charge in [0.2, 0.25) is 0 Å². The van der Waals surface area contributed by atoms with Gasteiger partial charge in [0.05, 0.1) is 4.58 Å². The molecule has 0 bridgehead atoms. The smallest absolute Gasteiger partial charge is 0.344 e. The van der Waals surface area contributed by atoms with Crippen molar-refractivity contribution in [1.82, 2.24) is 10.6 Å². The summed E-state index contributed by atoms with van der Waals surface area (Å²) < 4.78 is 10.8. The van der Waals surface area contributed by atoms with Crippen LogP contribution in [0, 0.1) is 0 Å². The fraction of sp³-hybridized carbons (Fsp3) is 0.500. The van der Waals surface area contributed by atoms with E-state index in [0.717, 1.165) is 11.5 Å². The average Bonchev–Trinajstić information content (AvgIpc) is 3.14. The lowest BCUT2D eigenvalue weighted by atomic mass is 10.2. The number of hydrogen-bond donors (Lipinski definition) is 2. The molecule has 1 aliphatic heterocycles. The lowest BCUT2D eigenvalue weighted by molar-refractivity contribution is -0.156. The Bertz CT molecular complexity index is 660. The second kappa shape index (κ2) is 10.5. The number of carbonyl (C=O) groups is 3. The van der Waals surface area contributed by atoms with Crippen LogP contribution in [-0.2, 0) is 14.3 Å². The number of benzene rings is 1. The van der Waals surface area contributed by atoms with Gasteiger partial charge in [0.15, 0.2) is 12.7 Å². The van der Waals surface area contributed by atoms with Crippen LogP contribution in [0.4, 0.5) is 4.79 Å². The molecule has 9 heteroatoms. The van der Waals surface area contributed by atoms with Crippen molar-refractivity contribution in [3.63, 3.8) is 0 Å². The van der Waals surface area contributed by atoms with Crippen molar-refractivity contribution in [2.45, 2.75) is 37.5 Å². The molecule has 2 N–H and O–H groups in total. The predicted octanol–water partition coefficient (Wildman–Crippen LogP) is 2.71. The van der Waals surface area contributed by atoms with E-state index in [-0.39, 0.29) is 12.6 Å². The predicted molar refractivity (Wildman–Crippen MR) is 107 cm³/mol. The van der Waals surface area contributed by atoms with Gasteiger partial charge in [-0.2, -0.15) is 0 Å². The first-order valence-corrected chi connectivity index (χ1v) is 10.7. The van der Waals surface area contributed by atoms with Gasteiger partial charge in [0.25, 0.3) is 5.91 Å². The molecule has 7 nitrogen and oxygen atoms in total. The highest BCUT2D eigenvalue weighted by Gasteiger charge is 2.21. The fourth-order valence-corrected chi connectivity index (χ4v) is 5.07. The van der Waals surface area contributed by atoms with Crippen LogP contribution in [0.25, 0.3) is 0 Å². The van der Waals surface area contributed by atoms with Gasteiger partial charge >= 0.3 is 12.0 Å². The summed E-state index contributed by atoms with van der Waals surface area (Å²) in [5.74, 6) is 1.48. The monoisotopic (exact) mass is 412 g/mol. The normalized spacial score (nSPS) is 15.3. The van der Waals surface area contributed by atoms with Crippen LogP contribution in [0.1, 0.15) is 30.9 Å². The SMILES string of the molecule is CC(C)NC(=O)NC(=O)[C@@H](C)OC(=O)COc1ccc(C2SCCS2)cc1. The van der Waals surface area contributed by atoms with Crippen molar-refractivity contribution in [1.29, 1.82) is 0 Å². The number of imide groups is 1. The molecular formula is C18H24N2O5S2. The molecule has 1 aromatic carbocycles. The third-order valence-electron chi connectivity index (χ3n) is 3.46. The second-order valence-corrected chi connectivity index (χ2v) is 8.91. The van der Waals surface area contributed by atoms with Crippen LogP contribution in [0.2, 0.25) is 0 Å². The van der Waals surface area contributed by atoms with E-state index in [4.69, 9.17) is 9.47 Å². The van der Waals surface area contributed by atoms with Crippen molar-refractivity contribution in [3.8, 4) is 5.75 Å². The van der Waals surface area contributed by atoms with E-state index in [1.807, 2.05) is 47.8 Å². The lowest BCUT2D eigenvalue weighted by Gasteiger charge is -2.15. The van der Waals surface area contributed by atoms with Gasteiger partial charge in [-0.3, -0.25) is 10.1 Å². The van der Waals surface area contributed by atoms with E-state index in [1.54, 1.807) is 13.8 Å². The van der Waals surface area contributed by atoms with E-state index in [9.17, 15) is 14.4 Å². The number of esters is 1. The first-order chi connectivity index (χ1) is 12.8. The molecule has 0 aromatic heterocycles. The number of urea groups is 1. The van der Waals surface area contributed by atoms with Crippen LogP contribution < -0.4 is 15.4 Å². The van der Waals surface area contributed by atoms with Gasteiger partial charge in [-0.25, -0.2) is 9.59 Å². The third kappa shape index (κ3) is 7.34. The standard InChI is InChI=1S/C18H24N2O5S2/c1-11(2)19-18(23)20-16(22)12(3)25-15(21)10-24-14-6-4-13(5-7-14)17-26-8-9-27-17/h4-7,11-12,17H,8-10H2,1-3H3,(H2,19,20,22,23)/t12-/m1/s1. The van der Waals surface area contributed by atoms with Gasteiger partial charge < -0.3 is 14.8 Å². The Kier molecular flexibility index (Phi) is 8.30.